The van der Waals surface area contributed by atoms with Gasteiger partial charge in [-0.25, -0.2) is 9.97 Å². The number of likely N-dealkylation sites (tertiary alicyclic amines) is 1. The summed E-state index contributed by atoms with van der Waals surface area (Å²) in [6, 6.07) is 11.1. The molecule has 0 saturated carbocycles. The molecular weight excluding hydrogens is 558 g/mol. The van der Waals surface area contributed by atoms with Crippen LogP contribution in [0.25, 0.3) is 26.4 Å². The minimum atomic E-state index is -0.232. The summed E-state index contributed by atoms with van der Waals surface area (Å²) in [6.07, 6.45) is 4.16. The normalized spacial score (nSPS) is 19.4. The Morgan fingerprint density at radius 1 is 1.12 bits per heavy atom. The zero-order valence-electron chi connectivity index (χ0n) is 23.6. The number of hydrogen-bond acceptors (Lipinski definition) is 11. The maximum atomic E-state index is 11.7. The van der Waals surface area contributed by atoms with E-state index >= 15 is 0 Å². The second kappa shape index (κ2) is 10.7. The average molecular weight is 590 g/mol. The third-order valence-corrected chi connectivity index (χ3v) is 8.61. The Balaban J connectivity index is 1.02. The zero-order chi connectivity index (χ0) is 28.8. The lowest BCUT2D eigenvalue weighted by atomic mass is 9.93. The predicted molar refractivity (Wildman–Crippen MR) is 158 cm³/mol. The van der Waals surface area contributed by atoms with Gasteiger partial charge in [0.1, 0.15) is 12.4 Å². The van der Waals surface area contributed by atoms with Crippen molar-refractivity contribution in [3.63, 3.8) is 0 Å². The lowest BCUT2D eigenvalue weighted by molar-refractivity contribution is -0.116. The second-order valence-electron chi connectivity index (χ2n) is 11.5. The van der Waals surface area contributed by atoms with Crippen molar-refractivity contribution in [3.8, 4) is 17.1 Å². The summed E-state index contributed by atoms with van der Waals surface area (Å²) in [4.78, 5) is 24.2. The Morgan fingerprint density at radius 2 is 1.88 bits per heavy atom. The first-order chi connectivity index (χ1) is 20.4. The van der Waals surface area contributed by atoms with Crippen molar-refractivity contribution in [1.29, 1.82) is 0 Å². The van der Waals surface area contributed by atoms with E-state index in [1.165, 1.54) is 5.01 Å². The Labute approximate surface area is 245 Å². The lowest BCUT2D eigenvalue weighted by Crippen LogP contribution is -2.36. The maximum absolute atomic E-state index is 11.7. The van der Waals surface area contributed by atoms with Crippen molar-refractivity contribution in [1.82, 2.24) is 24.4 Å². The molecular formula is C29H31N7O5S. The van der Waals surface area contributed by atoms with Crippen LogP contribution in [0.5, 0.6) is 5.88 Å². The van der Waals surface area contributed by atoms with Crippen molar-refractivity contribution < 1.29 is 18.7 Å². The van der Waals surface area contributed by atoms with E-state index in [1.54, 1.807) is 17.4 Å². The van der Waals surface area contributed by atoms with Gasteiger partial charge in [0.2, 0.25) is 5.88 Å². The first-order valence-corrected chi connectivity index (χ1v) is 14.7. The Bertz CT molecular complexity index is 1710. The monoisotopic (exact) mass is 589 g/mol. The van der Waals surface area contributed by atoms with Gasteiger partial charge in [-0.3, -0.25) is 9.30 Å². The standard InChI is InChI=1S/C29H31N7O5S/c1-29(2,3)25-13-26(32-41-25)36(33-37)19-6-4-18(5-7-19)20-15-35-21-14-30-27(12-24(21)42-28(35)31-20)40-9-8-34-16-22-23(17-34)39-11-10-38-22/h4-7,12-15,22-23H,8-11,16-17H2,1-3H3. The number of ether oxygens (including phenoxy) is 3. The predicted octanol–water partition coefficient (Wildman–Crippen LogP) is 5.19. The summed E-state index contributed by atoms with van der Waals surface area (Å²) in [6.45, 7) is 10.5. The van der Waals surface area contributed by atoms with Crippen LogP contribution in [0.2, 0.25) is 0 Å². The molecule has 13 heteroatoms. The Kier molecular flexibility index (Phi) is 6.89. The number of hydrogen-bond donors (Lipinski definition) is 0. The molecule has 1 aromatic carbocycles. The molecule has 0 bridgehead atoms. The van der Waals surface area contributed by atoms with Crippen molar-refractivity contribution in [2.45, 2.75) is 38.4 Å². The number of thiazole rings is 1. The fraction of sp³-hybridized carbons (Fsp3) is 0.414. The minimum absolute atomic E-state index is 0.169. The summed E-state index contributed by atoms with van der Waals surface area (Å²) in [5.74, 6) is 1.61. The highest BCUT2D eigenvalue weighted by Gasteiger charge is 2.36. The molecule has 0 amide bonds. The number of fused-ring (bicyclic) bond motifs is 4. The summed E-state index contributed by atoms with van der Waals surface area (Å²) >= 11 is 1.58. The molecule has 2 aliphatic rings. The van der Waals surface area contributed by atoms with Crippen LogP contribution in [0.1, 0.15) is 26.5 Å². The highest BCUT2D eigenvalue weighted by atomic mass is 32.1. The van der Waals surface area contributed by atoms with Gasteiger partial charge >= 0.3 is 0 Å². The first-order valence-electron chi connectivity index (χ1n) is 13.9. The minimum Gasteiger partial charge on any atom is -0.476 e. The summed E-state index contributed by atoms with van der Waals surface area (Å²) in [7, 11) is 0. The summed E-state index contributed by atoms with van der Waals surface area (Å²) < 4.78 is 26.1. The average Bonchev–Trinajstić information content (AvgIpc) is 3.76. The molecule has 2 atom stereocenters. The van der Waals surface area contributed by atoms with Gasteiger partial charge in [0.15, 0.2) is 10.8 Å². The van der Waals surface area contributed by atoms with Gasteiger partial charge in [-0.05, 0) is 12.1 Å². The molecule has 0 N–H and O–H groups in total. The molecule has 2 unspecified atom stereocenters. The fourth-order valence-corrected chi connectivity index (χ4v) is 6.32. The third-order valence-electron chi connectivity index (χ3n) is 7.59. The van der Waals surface area contributed by atoms with Crippen molar-refractivity contribution >= 4 is 38.0 Å². The molecule has 0 spiro atoms. The van der Waals surface area contributed by atoms with Crippen LogP contribution in [0.3, 0.4) is 0 Å². The van der Waals surface area contributed by atoms with Crippen LogP contribution in [0.4, 0.5) is 11.5 Å². The summed E-state index contributed by atoms with van der Waals surface area (Å²) in [5.41, 5.74) is 3.04. The van der Waals surface area contributed by atoms with Crippen LogP contribution in [0, 0.1) is 4.91 Å². The van der Waals surface area contributed by atoms with Gasteiger partial charge in [-0.2, -0.15) is 5.01 Å². The largest absolute Gasteiger partial charge is 0.476 e. The van der Waals surface area contributed by atoms with E-state index in [0.717, 1.165) is 46.1 Å². The van der Waals surface area contributed by atoms with E-state index in [1.807, 2.05) is 67.9 Å². The number of rotatable bonds is 8. The molecule has 2 fully saturated rings. The number of anilines is 2. The fourth-order valence-electron chi connectivity index (χ4n) is 5.31. The van der Waals surface area contributed by atoms with Gasteiger partial charge < -0.3 is 18.7 Å². The van der Waals surface area contributed by atoms with Crippen LogP contribution in [-0.2, 0) is 14.9 Å². The molecule has 2 saturated heterocycles. The van der Waals surface area contributed by atoms with E-state index in [0.29, 0.717) is 43.0 Å². The first kappa shape index (κ1) is 27.0. The number of nitrogens with zero attached hydrogens (tertiary/aromatic N) is 7. The third kappa shape index (κ3) is 5.13. The number of benzene rings is 1. The number of aromatic nitrogens is 4. The molecule has 7 rings (SSSR count). The van der Waals surface area contributed by atoms with E-state index < -0.39 is 0 Å². The summed E-state index contributed by atoms with van der Waals surface area (Å²) in [5, 5.41) is 8.41. The maximum Gasteiger partial charge on any atom is 0.214 e. The quantitative estimate of drug-likeness (QED) is 0.177. The molecule has 218 valence electrons. The van der Waals surface area contributed by atoms with E-state index in [-0.39, 0.29) is 17.6 Å². The van der Waals surface area contributed by atoms with Gasteiger partial charge in [0.25, 0.3) is 0 Å². The number of pyridine rings is 1. The van der Waals surface area contributed by atoms with Crippen LogP contribution < -0.4 is 9.75 Å². The Hall–Kier alpha value is -3.91. The molecule has 0 radical (unpaired) electrons. The van der Waals surface area contributed by atoms with Crippen LogP contribution >= 0.6 is 11.3 Å². The Morgan fingerprint density at radius 3 is 2.57 bits per heavy atom. The van der Waals surface area contributed by atoms with Crippen molar-refractivity contribution in [2.75, 3.05) is 44.5 Å². The second-order valence-corrected chi connectivity index (χ2v) is 12.5. The van der Waals surface area contributed by atoms with Gasteiger partial charge in [-0.1, -0.05) is 49.4 Å². The SMILES string of the molecule is CC(C)(C)c1cc(N(N=O)c2ccc(-c3cn4c(n3)sc3cc(OCCN5CC6OCCOC6C5)ncc34)cc2)no1. The highest BCUT2D eigenvalue weighted by Crippen LogP contribution is 2.34. The smallest absolute Gasteiger partial charge is 0.214 e. The van der Waals surface area contributed by atoms with Gasteiger partial charge in [-0.15, -0.1) is 4.91 Å². The van der Waals surface area contributed by atoms with Crippen LogP contribution in [-0.4, -0.2) is 76.1 Å². The van der Waals surface area contributed by atoms with Gasteiger partial charge in [0, 0.05) is 48.9 Å². The number of nitroso groups, excluding NO2 is 1. The van der Waals surface area contributed by atoms with Gasteiger partial charge in [0.05, 0.1) is 58.5 Å². The molecule has 12 nitrogen and oxygen atoms in total. The molecule has 0 aliphatic carbocycles. The van der Waals surface area contributed by atoms with E-state index in [2.05, 4.69) is 20.3 Å². The van der Waals surface area contributed by atoms with Crippen LogP contribution in [0.15, 0.2) is 58.6 Å². The van der Waals surface area contributed by atoms with E-state index in [4.69, 9.17) is 23.7 Å². The molecule has 4 aromatic heterocycles. The molecule has 5 aromatic rings. The lowest BCUT2D eigenvalue weighted by Gasteiger charge is -2.24. The zero-order valence-corrected chi connectivity index (χ0v) is 24.4. The molecule has 42 heavy (non-hydrogen) atoms. The topological polar surface area (TPSA) is 120 Å². The molecule has 2 aliphatic heterocycles. The molecule has 6 heterocycles. The van der Waals surface area contributed by atoms with E-state index in [9.17, 15) is 4.91 Å². The highest BCUT2D eigenvalue weighted by molar-refractivity contribution is 7.23. The van der Waals surface area contributed by atoms with Crippen molar-refractivity contribution in [2.24, 2.45) is 5.29 Å². The number of imidazole rings is 1. The van der Waals surface area contributed by atoms with Crippen molar-refractivity contribution in [3.05, 3.63) is 59.5 Å².